The fourth-order valence-electron chi connectivity index (χ4n) is 2.01. The number of thioether (sulfide) groups is 1. The van der Waals surface area contributed by atoms with E-state index in [2.05, 4.69) is 31.1 Å². The fourth-order valence-corrected chi connectivity index (χ4v) is 3.32. The lowest BCUT2D eigenvalue weighted by Gasteiger charge is -2.05. The molecule has 112 valence electrons. The van der Waals surface area contributed by atoms with Crippen molar-refractivity contribution in [1.82, 2.24) is 19.9 Å². The van der Waals surface area contributed by atoms with Crippen LogP contribution in [0.1, 0.15) is 5.56 Å². The molecule has 5 nitrogen and oxygen atoms in total. The fraction of sp³-hybridized carbons (Fsp3) is 0.133. The van der Waals surface area contributed by atoms with Crippen molar-refractivity contribution in [2.24, 2.45) is 0 Å². The molecular formula is C15H14BrN5S. The Labute approximate surface area is 141 Å². The maximum absolute atomic E-state index is 6.12. The third kappa shape index (κ3) is 3.31. The van der Waals surface area contributed by atoms with Gasteiger partial charge in [-0.3, -0.25) is 4.98 Å². The molecule has 0 radical (unpaired) electrons. The Morgan fingerprint density at radius 3 is 2.64 bits per heavy atom. The molecule has 2 N–H and O–H groups in total. The number of aryl methyl sites for hydroxylation is 1. The number of nitrogens with two attached hydrogens (primary N) is 1. The highest BCUT2D eigenvalue weighted by molar-refractivity contribution is 9.10. The van der Waals surface area contributed by atoms with Crippen LogP contribution in [-0.4, -0.2) is 25.6 Å². The number of aromatic nitrogens is 4. The zero-order chi connectivity index (χ0) is 15.4. The van der Waals surface area contributed by atoms with Gasteiger partial charge < -0.3 is 5.84 Å². The molecule has 0 atom stereocenters. The van der Waals surface area contributed by atoms with Crippen molar-refractivity contribution in [2.75, 3.05) is 11.6 Å². The maximum atomic E-state index is 6.12. The monoisotopic (exact) mass is 375 g/mol. The normalized spacial score (nSPS) is 10.8. The molecule has 2 aromatic heterocycles. The molecule has 0 amide bonds. The van der Waals surface area contributed by atoms with Crippen molar-refractivity contribution in [1.29, 1.82) is 0 Å². The van der Waals surface area contributed by atoms with Crippen LogP contribution in [0.3, 0.4) is 0 Å². The second-order valence-corrected chi connectivity index (χ2v) is 6.53. The molecule has 0 aliphatic rings. The first kappa shape index (κ1) is 15.1. The number of benzene rings is 1. The molecule has 0 bridgehead atoms. The topological polar surface area (TPSA) is 69.6 Å². The molecule has 0 spiro atoms. The second kappa shape index (κ2) is 6.93. The van der Waals surface area contributed by atoms with Gasteiger partial charge in [0.1, 0.15) is 0 Å². The van der Waals surface area contributed by atoms with Gasteiger partial charge in [-0.2, -0.15) is 0 Å². The Morgan fingerprint density at radius 2 is 1.86 bits per heavy atom. The Hall–Kier alpha value is -1.86. The first-order valence-electron chi connectivity index (χ1n) is 6.73. The number of nitrogen functional groups attached to an aromatic ring is 1. The Morgan fingerprint density at radius 1 is 1.09 bits per heavy atom. The summed E-state index contributed by atoms with van der Waals surface area (Å²) in [5.74, 6) is 7.66. The van der Waals surface area contributed by atoms with E-state index in [9.17, 15) is 0 Å². The van der Waals surface area contributed by atoms with Gasteiger partial charge in [0, 0.05) is 28.2 Å². The number of hydrogen-bond donors (Lipinski definition) is 1. The van der Waals surface area contributed by atoms with E-state index in [4.69, 9.17) is 5.84 Å². The van der Waals surface area contributed by atoms with Gasteiger partial charge in [-0.1, -0.05) is 39.8 Å². The molecule has 2 heterocycles. The Kier molecular flexibility index (Phi) is 4.74. The minimum Gasteiger partial charge on any atom is -0.335 e. The number of hydrogen-bond acceptors (Lipinski definition) is 5. The highest BCUT2D eigenvalue weighted by Gasteiger charge is 2.14. The van der Waals surface area contributed by atoms with E-state index in [-0.39, 0.29) is 0 Å². The van der Waals surface area contributed by atoms with E-state index in [1.54, 1.807) is 24.2 Å². The van der Waals surface area contributed by atoms with Gasteiger partial charge in [-0.05, 0) is 36.2 Å². The molecule has 7 heteroatoms. The second-order valence-electron chi connectivity index (χ2n) is 4.61. The van der Waals surface area contributed by atoms with Crippen LogP contribution in [0.2, 0.25) is 0 Å². The van der Waals surface area contributed by atoms with E-state index in [0.29, 0.717) is 11.0 Å². The van der Waals surface area contributed by atoms with Gasteiger partial charge in [0.15, 0.2) is 5.82 Å². The molecule has 3 aromatic rings. The van der Waals surface area contributed by atoms with E-state index in [1.807, 2.05) is 36.4 Å². The number of halogens is 1. The summed E-state index contributed by atoms with van der Waals surface area (Å²) >= 11 is 5.10. The highest BCUT2D eigenvalue weighted by atomic mass is 79.9. The van der Waals surface area contributed by atoms with Crippen molar-refractivity contribution < 1.29 is 0 Å². The lowest BCUT2D eigenvalue weighted by atomic mass is 10.2. The summed E-state index contributed by atoms with van der Waals surface area (Å²) in [6.45, 7) is 0. The first-order valence-corrected chi connectivity index (χ1v) is 8.50. The van der Waals surface area contributed by atoms with Crippen molar-refractivity contribution >= 4 is 27.7 Å². The zero-order valence-corrected chi connectivity index (χ0v) is 14.1. The summed E-state index contributed by atoms with van der Waals surface area (Å²) in [7, 11) is 0. The van der Waals surface area contributed by atoms with Gasteiger partial charge in [0.2, 0.25) is 5.16 Å². The van der Waals surface area contributed by atoms with Gasteiger partial charge in [0.05, 0.1) is 0 Å². The quantitative estimate of drug-likeness (QED) is 0.547. The standard InChI is InChI=1S/C15H14BrN5S/c16-13-4-2-1-3-12(13)14-19-20-15(21(14)17)22-10-7-11-5-8-18-9-6-11/h1-6,8-9H,7,10,17H2. The average molecular weight is 376 g/mol. The molecule has 0 saturated carbocycles. The summed E-state index contributed by atoms with van der Waals surface area (Å²) in [6.07, 6.45) is 4.54. The molecule has 0 aliphatic carbocycles. The van der Waals surface area contributed by atoms with E-state index < -0.39 is 0 Å². The summed E-state index contributed by atoms with van der Waals surface area (Å²) in [5, 5.41) is 9.09. The number of pyridine rings is 1. The van der Waals surface area contributed by atoms with E-state index >= 15 is 0 Å². The van der Waals surface area contributed by atoms with Crippen molar-refractivity contribution in [2.45, 2.75) is 11.6 Å². The molecule has 0 unspecified atom stereocenters. The Balaban J connectivity index is 1.70. The molecule has 3 rings (SSSR count). The lowest BCUT2D eigenvalue weighted by Crippen LogP contribution is -2.12. The number of nitrogens with zero attached hydrogens (tertiary/aromatic N) is 4. The van der Waals surface area contributed by atoms with Crippen LogP contribution in [-0.2, 0) is 6.42 Å². The largest absolute Gasteiger partial charge is 0.335 e. The summed E-state index contributed by atoms with van der Waals surface area (Å²) < 4.78 is 2.49. The van der Waals surface area contributed by atoms with Gasteiger partial charge >= 0.3 is 0 Å². The SMILES string of the molecule is Nn1c(SCCc2ccncc2)nnc1-c1ccccc1Br. The predicted molar refractivity (Wildman–Crippen MR) is 92.0 cm³/mol. The smallest absolute Gasteiger partial charge is 0.210 e. The zero-order valence-electron chi connectivity index (χ0n) is 11.7. The van der Waals surface area contributed by atoms with E-state index in [1.165, 1.54) is 10.2 Å². The maximum Gasteiger partial charge on any atom is 0.210 e. The van der Waals surface area contributed by atoms with Crippen LogP contribution in [0, 0.1) is 0 Å². The minimum atomic E-state index is 0.652. The van der Waals surface area contributed by atoms with E-state index in [0.717, 1.165) is 22.2 Å². The number of rotatable bonds is 5. The van der Waals surface area contributed by atoms with Crippen LogP contribution in [0.15, 0.2) is 58.4 Å². The average Bonchev–Trinajstić information content (AvgIpc) is 2.90. The highest BCUT2D eigenvalue weighted by Crippen LogP contribution is 2.28. The van der Waals surface area contributed by atoms with Crippen molar-refractivity contribution in [3.8, 4) is 11.4 Å². The summed E-state index contributed by atoms with van der Waals surface area (Å²) in [6, 6.07) is 11.9. The van der Waals surface area contributed by atoms with Crippen molar-refractivity contribution in [3.63, 3.8) is 0 Å². The van der Waals surface area contributed by atoms with Crippen LogP contribution in [0.5, 0.6) is 0 Å². The third-order valence-electron chi connectivity index (χ3n) is 3.15. The molecule has 1 aromatic carbocycles. The summed E-state index contributed by atoms with van der Waals surface area (Å²) in [4.78, 5) is 4.01. The lowest BCUT2D eigenvalue weighted by molar-refractivity contribution is 0.848. The molecule has 22 heavy (non-hydrogen) atoms. The van der Waals surface area contributed by atoms with Crippen LogP contribution in [0.4, 0.5) is 0 Å². The van der Waals surface area contributed by atoms with Crippen LogP contribution < -0.4 is 5.84 Å². The van der Waals surface area contributed by atoms with Crippen LogP contribution >= 0.6 is 27.7 Å². The summed E-state index contributed by atoms with van der Waals surface area (Å²) in [5.41, 5.74) is 2.18. The van der Waals surface area contributed by atoms with Gasteiger partial charge in [-0.15, -0.1) is 10.2 Å². The van der Waals surface area contributed by atoms with Gasteiger partial charge in [-0.25, -0.2) is 4.68 Å². The van der Waals surface area contributed by atoms with Gasteiger partial charge in [0.25, 0.3) is 0 Å². The molecule has 0 fully saturated rings. The Bertz CT molecular complexity index is 760. The van der Waals surface area contributed by atoms with Crippen LogP contribution in [0.25, 0.3) is 11.4 Å². The third-order valence-corrected chi connectivity index (χ3v) is 4.79. The first-order chi connectivity index (χ1) is 10.8. The molecule has 0 saturated heterocycles. The molecule has 0 aliphatic heterocycles. The van der Waals surface area contributed by atoms with Crippen molar-refractivity contribution in [3.05, 3.63) is 58.8 Å². The predicted octanol–water partition coefficient (Wildman–Crippen LogP) is 3.15. The minimum absolute atomic E-state index is 0.652. The molecular weight excluding hydrogens is 362 g/mol.